The van der Waals surface area contributed by atoms with Gasteiger partial charge in [0.15, 0.2) is 0 Å². The van der Waals surface area contributed by atoms with E-state index in [0.29, 0.717) is 11.4 Å². The first-order chi connectivity index (χ1) is 9.62. The Hall–Kier alpha value is -1.86. The number of amidine groups is 1. The average Bonchev–Trinajstić information content (AvgIpc) is 3.08. The van der Waals surface area contributed by atoms with Crippen molar-refractivity contribution >= 4 is 26.8 Å². The Labute approximate surface area is 117 Å². The minimum atomic E-state index is -3.47. The Balaban J connectivity index is 2.13. The van der Waals surface area contributed by atoms with Gasteiger partial charge in [0.05, 0.1) is 13.1 Å². The van der Waals surface area contributed by atoms with Crippen molar-refractivity contribution in [1.29, 1.82) is 0 Å². The van der Waals surface area contributed by atoms with E-state index in [1.54, 1.807) is 6.20 Å². The van der Waals surface area contributed by atoms with Crippen LogP contribution in [0.2, 0.25) is 0 Å². The molecule has 1 aromatic heterocycles. The molecule has 1 aliphatic rings. The molecule has 2 heterocycles. The smallest absolute Gasteiger partial charge is 0.242 e. The first-order valence-electron chi connectivity index (χ1n) is 6.40. The number of nitrogens with zero attached hydrogens (tertiary/aromatic N) is 2. The maximum absolute atomic E-state index is 12.1. The Morgan fingerprint density at radius 1 is 1.40 bits per heavy atom. The predicted molar refractivity (Wildman–Crippen MR) is 78.5 cm³/mol. The van der Waals surface area contributed by atoms with Crippen LogP contribution in [-0.4, -0.2) is 39.0 Å². The lowest BCUT2D eigenvalue weighted by molar-refractivity contribution is 0.588. The normalized spacial score (nSPS) is 15.3. The van der Waals surface area contributed by atoms with Crippen LogP contribution in [-0.2, 0) is 16.6 Å². The number of para-hydroxylation sites is 1. The molecule has 0 radical (unpaired) electrons. The van der Waals surface area contributed by atoms with E-state index in [9.17, 15) is 8.42 Å². The van der Waals surface area contributed by atoms with Crippen molar-refractivity contribution in [3.8, 4) is 0 Å². The van der Waals surface area contributed by atoms with E-state index < -0.39 is 10.0 Å². The van der Waals surface area contributed by atoms with Crippen molar-refractivity contribution in [3.63, 3.8) is 0 Å². The number of benzene rings is 1. The number of hydrogen-bond donors (Lipinski definition) is 2. The topological polar surface area (TPSA) is 75.5 Å². The van der Waals surface area contributed by atoms with Crippen LogP contribution in [0.1, 0.15) is 0 Å². The zero-order valence-corrected chi connectivity index (χ0v) is 11.9. The van der Waals surface area contributed by atoms with E-state index in [1.165, 1.54) is 7.05 Å². The number of rotatable bonds is 4. The first-order valence-corrected chi connectivity index (χ1v) is 7.89. The highest BCUT2D eigenvalue weighted by atomic mass is 32.2. The van der Waals surface area contributed by atoms with Gasteiger partial charge in [0.25, 0.3) is 0 Å². The molecule has 2 N–H and O–H groups in total. The van der Waals surface area contributed by atoms with Gasteiger partial charge in [-0.25, -0.2) is 13.1 Å². The molecule has 0 unspecified atom stereocenters. The molecule has 0 aliphatic carbocycles. The van der Waals surface area contributed by atoms with Gasteiger partial charge in [-0.2, -0.15) is 0 Å². The van der Waals surface area contributed by atoms with E-state index in [1.807, 2.05) is 28.8 Å². The molecule has 1 aliphatic heterocycles. The van der Waals surface area contributed by atoms with Crippen LogP contribution < -0.4 is 10.0 Å². The van der Waals surface area contributed by atoms with Gasteiger partial charge in [0.1, 0.15) is 10.7 Å². The van der Waals surface area contributed by atoms with Crippen LogP contribution >= 0.6 is 0 Å². The van der Waals surface area contributed by atoms with Crippen LogP contribution in [0.4, 0.5) is 0 Å². The van der Waals surface area contributed by atoms with Crippen molar-refractivity contribution < 1.29 is 8.42 Å². The Kier molecular flexibility index (Phi) is 3.23. The lowest BCUT2D eigenvalue weighted by Gasteiger charge is -2.05. The molecule has 3 rings (SSSR count). The molecule has 0 amide bonds. The molecule has 6 nitrogen and oxygen atoms in total. The van der Waals surface area contributed by atoms with Gasteiger partial charge in [0, 0.05) is 23.6 Å². The zero-order valence-electron chi connectivity index (χ0n) is 11.1. The Bertz CT molecular complexity index is 777. The highest BCUT2D eigenvalue weighted by Crippen LogP contribution is 2.25. The number of sulfonamides is 1. The molecule has 0 saturated carbocycles. The maximum Gasteiger partial charge on any atom is 0.242 e. The summed E-state index contributed by atoms with van der Waals surface area (Å²) in [5, 5.41) is 3.92. The van der Waals surface area contributed by atoms with Crippen LogP contribution in [0.15, 0.2) is 40.4 Å². The summed E-state index contributed by atoms with van der Waals surface area (Å²) in [6.07, 6.45) is 1.67. The van der Waals surface area contributed by atoms with Crippen LogP contribution in [0.5, 0.6) is 0 Å². The third kappa shape index (κ3) is 2.19. The number of aromatic nitrogens is 1. The SMILES string of the molecule is CNS(=O)(=O)c1cn(CC2=NCCN2)c2ccccc12. The molecule has 20 heavy (non-hydrogen) atoms. The van der Waals surface area contributed by atoms with Gasteiger partial charge >= 0.3 is 0 Å². The molecule has 0 bridgehead atoms. The van der Waals surface area contributed by atoms with Gasteiger partial charge < -0.3 is 9.88 Å². The van der Waals surface area contributed by atoms with E-state index in [2.05, 4.69) is 15.0 Å². The van der Waals surface area contributed by atoms with Crippen molar-refractivity contribution in [3.05, 3.63) is 30.5 Å². The molecule has 1 aromatic carbocycles. The fourth-order valence-corrected chi connectivity index (χ4v) is 3.33. The fraction of sp³-hybridized carbons (Fsp3) is 0.308. The quantitative estimate of drug-likeness (QED) is 0.864. The standard InChI is InChI=1S/C13H16N4O2S/c1-14-20(18,19)12-8-17(9-13-15-6-7-16-13)11-5-3-2-4-10(11)12/h2-5,8,14H,6-7,9H2,1H3,(H,15,16). The molecule has 106 valence electrons. The Morgan fingerprint density at radius 2 is 2.20 bits per heavy atom. The van der Waals surface area contributed by atoms with E-state index in [0.717, 1.165) is 29.8 Å². The summed E-state index contributed by atoms with van der Waals surface area (Å²) in [4.78, 5) is 4.65. The molecular weight excluding hydrogens is 276 g/mol. The van der Waals surface area contributed by atoms with Crippen molar-refractivity contribution in [1.82, 2.24) is 14.6 Å². The molecule has 0 saturated heterocycles. The second-order valence-electron chi connectivity index (χ2n) is 4.60. The second kappa shape index (κ2) is 4.92. The van der Waals surface area contributed by atoms with Gasteiger partial charge in [-0.1, -0.05) is 18.2 Å². The van der Waals surface area contributed by atoms with Gasteiger partial charge in [-0.3, -0.25) is 4.99 Å². The maximum atomic E-state index is 12.1. The van der Waals surface area contributed by atoms with Crippen molar-refractivity contribution in [2.24, 2.45) is 4.99 Å². The summed E-state index contributed by atoms with van der Waals surface area (Å²) < 4.78 is 28.5. The average molecular weight is 292 g/mol. The number of nitrogens with one attached hydrogen (secondary N) is 2. The predicted octanol–water partition coefficient (Wildman–Crippen LogP) is 0.551. The molecular formula is C13H16N4O2S. The lowest BCUT2D eigenvalue weighted by Crippen LogP contribution is -2.23. The summed E-state index contributed by atoms with van der Waals surface area (Å²) in [5.41, 5.74) is 0.887. The summed E-state index contributed by atoms with van der Waals surface area (Å²) in [5.74, 6) is 0.888. The summed E-state index contributed by atoms with van der Waals surface area (Å²) in [6, 6.07) is 7.48. The van der Waals surface area contributed by atoms with Crippen molar-refractivity contribution in [2.45, 2.75) is 11.4 Å². The molecule has 0 spiro atoms. The fourth-order valence-electron chi connectivity index (χ4n) is 2.38. The molecule has 0 atom stereocenters. The molecule has 0 fully saturated rings. The summed E-state index contributed by atoms with van der Waals surface area (Å²) in [6.45, 7) is 2.17. The summed E-state index contributed by atoms with van der Waals surface area (Å²) >= 11 is 0. The minimum absolute atomic E-state index is 0.300. The minimum Gasteiger partial charge on any atom is -0.370 e. The van der Waals surface area contributed by atoms with Gasteiger partial charge in [-0.05, 0) is 13.1 Å². The molecule has 7 heteroatoms. The highest BCUT2D eigenvalue weighted by molar-refractivity contribution is 7.89. The second-order valence-corrected chi connectivity index (χ2v) is 6.46. The number of hydrogen-bond acceptors (Lipinski definition) is 4. The van der Waals surface area contributed by atoms with Crippen LogP contribution in [0, 0.1) is 0 Å². The van der Waals surface area contributed by atoms with Crippen LogP contribution in [0.25, 0.3) is 10.9 Å². The number of fused-ring (bicyclic) bond motifs is 1. The monoisotopic (exact) mass is 292 g/mol. The summed E-state index contributed by atoms with van der Waals surface area (Å²) in [7, 11) is -2.05. The third-order valence-electron chi connectivity index (χ3n) is 3.37. The molecule has 2 aromatic rings. The first kappa shape index (κ1) is 13.1. The number of aliphatic imine (C=N–C) groups is 1. The van der Waals surface area contributed by atoms with E-state index in [4.69, 9.17) is 0 Å². The van der Waals surface area contributed by atoms with Crippen molar-refractivity contribution in [2.75, 3.05) is 20.1 Å². The zero-order chi connectivity index (χ0) is 14.2. The van der Waals surface area contributed by atoms with Gasteiger partial charge in [0.2, 0.25) is 10.0 Å². The Morgan fingerprint density at radius 3 is 2.90 bits per heavy atom. The van der Waals surface area contributed by atoms with E-state index >= 15 is 0 Å². The van der Waals surface area contributed by atoms with E-state index in [-0.39, 0.29) is 0 Å². The third-order valence-corrected chi connectivity index (χ3v) is 4.82. The largest absolute Gasteiger partial charge is 0.370 e. The van der Waals surface area contributed by atoms with Crippen LogP contribution in [0.3, 0.4) is 0 Å². The van der Waals surface area contributed by atoms with Gasteiger partial charge in [-0.15, -0.1) is 0 Å². The highest BCUT2D eigenvalue weighted by Gasteiger charge is 2.20. The lowest BCUT2D eigenvalue weighted by atomic mass is 10.2.